The Balaban J connectivity index is 1.52. The second-order valence-electron chi connectivity index (χ2n) is 11.0. The number of carbonyl (C=O) groups is 1. The Morgan fingerprint density at radius 2 is 1.84 bits per heavy atom. The van der Waals surface area contributed by atoms with Gasteiger partial charge in [-0.3, -0.25) is 4.79 Å². The lowest BCUT2D eigenvalue weighted by Crippen LogP contribution is -2.58. The fraction of sp³-hybridized carbons (Fsp3) is 0.625. The van der Waals surface area contributed by atoms with Gasteiger partial charge in [-0.2, -0.15) is 4.31 Å². The molecule has 3 aliphatic rings. The van der Waals surface area contributed by atoms with Gasteiger partial charge in [-0.15, -0.1) is 0 Å². The van der Waals surface area contributed by atoms with Crippen molar-refractivity contribution in [2.24, 2.45) is 0 Å². The van der Waals surface area contributed by atoms with Gasteiger partial charge in [0, 0.05) is 26.0 Å². The molecular formula is C24H35NO5SSi. The number of ether oxygens (including phenoxy) is 1. The molecule has 0 saturated carbocycles. The van der Waals surface area contributed by atoms with Crippen molar-refractivity contribution in [1.29, 1.82) is 0 Å². The summed E-state index contributed by atoms with van der Waals surface area (Å²) in [5.74, 6) is -0.0678. The van der Waals surface area contributed by atoms with Crippen LogP contribution in [0.25, 0.3) is 0 Å². The molecule has 0 aromatic heterocycles. The maximum Gasteiger partial charge on any atom is 0.243 e. The van der Waals surface area contributed by atoms with Gasteiger partial charge in [-0.25, -0.2) is 8.42 Å². The van der Waals surface area contributed by atoms with E-state index in [9.17, 15) is 13.2 Å². The van der Waals surface area contributed by atoms with Crippen LogP contribution in [0.1, 0.15) is 45.6 Å². The largest absolute Gasteiger partial charge is 0.417 e. The van der Waals surface area contributed by atoms with E-state index in [2.05, 4.69) is 33.9 Å². The number of rotatable bonds is 6. The van der Waals surface area contributed by atoms with Crippen LogP contribution in [0.5, 0.6) is 0 Å². The van der Waals surface area contributed by atoms with Crippen molar-refractivity contribution < 1.29 is 22.4 Å². The highest BCUT2D eigenvalue weighted by Gasteiger charge is 2.63. The molecule has 1 aromatic carbocycles. The lowest BCUT2D eigenvalue weighted by Gasteiger charge is -2.43. The van der Waals surface area contributed by atoms with Gasteiger partial charge in [-0.05, 0) is 43.6 Å². The lowest BCUT2D eigenvalue weighted by molar-refractivity contribution is -0.162. The zero-order valence-corrected chi connectivity index (χ0v) is 21.8. The van der Waals surface area contributed by atoms with Crippen LogP contribution < -0.4 is 0 Å². The van der Waals surface area contributed by atoms with Crippen LogP contribution in [0.4, 0.5) is 0 Å². The molecule has 3 atom stereocenters. The average Bonchev–Trinajstić information content (AvgIpc) is 3.21. The van der Waals surface area contributed by atoms with Gasteiger partial charge in [0.2, 0.25) is 10.0 Å². The Morgan fingerprint density at radius 1 is 1.19 bits per heavy atom. The highest BCUT2D eigenvalue weighted by molar-refractivity contribution is 7.89. The standard InChI is InChI=1S/C24H35NO5SSi/c1-18-7-9-19(10-8-18)31(27,28)25-15-13-24-12-11-23(30-24,17-20(26)21(24)25)14-16-29-32(5,6)22(2,3)4/h7-12,21H,13-17H2,1-6H3/t21-,23+,24-/m0/s1. The van der Waals surface area contributed by atoms with E-state index in [4.69, 9.17) is 9.16 Å². The van der Waals surface area contributed by atoms with Crippen LogP contribution in [0, 0.1) is 6.92 Å². The Labute approximate surface area is 193 Å². The van der Waals surface area contributed by atoms with E-state index in [0.717, 1.165) is 5.56 Å². The second kappa shape index (κ2) is 7.60. The first kappa shape index (κ1) is 23.8. The smallest absolute Gasteiger partial charge is 0.243 e. The summed E-state index contributed by atoms with van der Waals surface area (Å²) >= 11 is 0. The molecule has 2 saturated heterocycles. The molecule has 0 radical (unpaired) electrons. The molecule has 2 fully saturated rings. The minimum atomic E-state index is -3.78. The number of hydrogen-bond acceptors (Lipinski definition) is 5. The first-order chi connectivity index (χ1) is 14.7. The number of hydrogen-bond donors (Lipinski definition) is 0. The summed E-state index contributed by atoms with van der Waals surface area (Å²) < 4.78 is 40.9. The Morgan fingerprint density at radius 3 is 2.47 bits per heavy atom. The van der Waals surface area contributed by atoms with Crippen LogP contribution in [0.3, 0.4) is 0 Å². The van der Waals surface area contributed by atoms with Gasteiger partial charge in [0.25, 0.3) is 0 Å². The minimum absolute atomic E-state index is 0.0678. The van der Waals surface area contributed by atoms with E-state index in [1.54, 1.807) is 24.3 Å². The number of fused-ring (bicyclic) bond motifs is 1. The molecule has 3 aliphatic heterocycles. The highest BCUT2D eigenvalue weighted by Crippen LogP contribution is 2.51. The van der Waals surface area contributed by atoms with Crippen molar-refractivity contribution in [3.8, 4) is 0 Å². The summed E-state index contributed by atoms with van der Waals surface area (Å²) in [4.78, 5) is 13.6. The predicted octanol–water partition coefficient (Wildman–Crippen LogP) is 4.21. The molecule has 4 rings (SSSR count). The number of sulfonamides is 1. The molecule has 0 N–H and O–H groups in total. The summed E-state index contributed by atoms with van der Waals surface area (Å²) in [6, 6.07) is 5.97. The molecular weight excluding hydrogens is 442 g/mol. The summed E-state index contributed by atoms with van der Waals surface area (Å²) in [5, 5.41) is 0.113. The normalized spacial score (nSPS) is 30.7. The predicted molar refractivity (Wildman–Crippen MR) is 127 cm³/mol. The van der Waals surface area contributed by atoms with Gasteiger partial charge in [0.15, 0.2) is 14.1 Å². The van der Waals surface area contributed by atoms with Crippen molar-refractivity contribution >= 4 is 24.1 Å². The zero-order chi connectivity index (χ0) is 23.6. The van der Waals surface area contributed by atoms with E-state index in [0.29, 0.717) is 19.4 Å². The summed E-state index contributed by atoms with van der Waals surface area (Å²) in [7, 11) is -5.68. The first-order valence-electron chi connectivity index (χ1n) is 11.4. The molecule has 1 aromatic rings. The maximum absolute atomic E-state index is 13.4. The summed E-state index contributed by atoms with van der Waals surface area (Å²) in [6.07, 6.45) is 5.19. The molecule has 32 heavy (non-hydrogen) atoms. The highest BCUT2D eigenvalue weighted by atomic mass is 32.2. The van der Waals surface area contributed by atoms with Gasteiger partial charge in [-0.1, -0.05) is 50.6 Å². The van der Waals surface area contributed by atoms with Crippen molar-refractivity contribution in [1.82, 2.24) is 4.31 Å². The minimum Gasteiger partial charge on any atom is -0.417 e. The van der Waals surface area contributed by atoms with E-state index in [-0.39, 0.29) is 28.7 Å². The van der Waals surface area contributed by atoms with Crippen LogP contribution in [0.15, 0.2) is 41.3 Å². The SMILES string of the molecule is Cc1ccc(S(=O)(=O)N2CC[C@@]34C=C[C@@](CCO[Si](C)(C)C(C)(C)C)(CC(=O)[C@H]23)O4)cc1. The lowest BCUT2D eigenvalue weighted by atomic mass is 9.85. The third kappa shape index (κ3) is 3.84. The molecule has 1 spiro atoms. The molecule has 0 amide bonds. The average molecular weight is 478 g/mol. The molecule has 2 bridgehead atoms. The Kier molecular flexibility index (Phi) is 5.66. The Bertz CT molecular complexity index is 1040. The number of ketones is 1. The number of aryl methyl sites for hydroxylation is 1. The van der Waals surface area contributed by atoms with Crippen molar-refractivity contribution in [2.75, 3.05) is 13.2 Å². The quantitative estimate of drug-likeness (QED) is 0.453. The fourth-order valence-electron chi connectivity index (χ4n) is 4.76. The van der Waals surface area contributed by atoms with Crippen molar-refractivity contribution in [3.05, 3.63) is 42.0 Å². The van der Waals surface area contributed by atoms with Gasteiger partial charge < -0.3 is 9.16 Å². The Hall–Kier alpha value is -1.32. The van der Waals surface area contributed by atoms with E-state index < -0.39 is 35.6 Å². The zero-order valence-electron chi connectivity index (χ0n) is 20.0. The van der Waals surface area contributed by atoms with E-state index in [1.807, 2.05) is 19.1 Å². The van der Waals surface area contributed by atoms with Crippen LogP contribution in [0.2, 0.25) is 18.1 Å². The number of carbonyl (C=O) groups excluding carboxylic acids is 1. The monoisotopic (exact) mass is 477 g/mol. The van der Waals surface area contributed by atoms with E-state index >= 15 is 0 Å². The van der Waals surface area contributed by atoms with Gasteiger partial charge in [0.05, 0.1) is 10.5 Å². The third-order valence-electron chi connectivity index (χ3n) is 7.74. The number of Topliss-reactive ketones (excluding diaryl/α,β-unsaturated/α-hetero) is 1. The fourth-order valence-corrected chi connectivity index (χ4v) is 7.46. The first-order valence-corrected chi connectivity index (χ1v) is 15.7. The number of benzene rings is 1. The summed E-state index contributed by atoms with van der Waals surface area (Å²) in [6.45, 7) is 13.7. The molecule has 0 unspecified atom stereocenters. The molecule has 176 valence electrons. The van der Waals surface area contributed by atoms with Gasteiger partial charge >= 0.3 is 0 Å². The van der Waals surface area contributed by atoms with E-state index in [1.165, 1.54) is 4.31 Å². The maximum atomic E-state index is 13.4. The molecule has 0 aliphatic carbocycles. The van der Waals surface area contributed by atoms with Gasteiger partial charge in [0.1, 0.15) is 11.6 Å². The molecule has 6 nitrogen and oxygen atoms in total. The third-order valence-corrected chi connectivity index (χ3v) is 14.2. The van der Waals surface area contributed by atoms with Crippen molar-refractivity contribution in [2.45, 2.75) is 87.2 Å². The van der Waals surface area contributed by atoms with Crippen molar-refractivity contribution in [3.63, 3.8) is 0 Å². The topological polar surface area (TPSA) is 72.9 Å². The molecule has 8 heteroatoms. The summed E-state index contributed by atoms with van der Waals surface area (Å²) in [5.41, 5.74) is -0.578. The second-order valence-corrected chi connectivity index (χ2v) is 17.7. The van der Waals surface area contributed by atoms with Crippen LogP contribution in [-0.2, 0) is 24.0 Å². The van der Waals surface area contributed by atoms with Crippen LogP contribution in [-0.4, -0.2) is 57.2 Å². The van der Waals surface area contributed by atoms with Crippen LogP contribution >= 0.6 is 0 Å². The molecule has 3 heterocycles. The number of nitrogens with zero attached hydrogens (tertiary/aromatic N) is 1.